The van der Waals surface area contributed by atoms with Crippen LogP contribution in [-0.4, -0.2) is 32.6 Å². The van der Waals surface area contributed by atoms with E-state index in [0.717, 1.165) is 21.9 Å². The molecule has 0 atom stereocenters. The van der Waals surface area contributed by atoms with Gasteiger partial charge in [-0.2, -0.15) is 4.98 Å². The number of rotatable bonds is 7. The Morgan fingerprint density at radius 2 is 1.90 bits per heavy atom. The third kappa shape index (κ3) is 4.38. The number of nitrogens with one attached hydrogen (secondary N) is 2. The number of hydrogen-bond donors (Lipinski definition) is 2. The molecule has 4 rings (SSSR count). The zero-order valence-corrected chi connectivity index (χ0v) is 16.1. The first-order valence-electron chi connectivity index (χ1n) is 8.72. The number of amides is 1. The van der Waals surface area contributed by atoms with Gasteiger partial charge in [-0.3, -0.25) is 15.2 Å². The van der Waals surface area contributed by atoms with Crippen molar-refractivity contribution < 1.29 is 14.1 Å². The standard InChI is InChI=1S/C19H16N6O3S/c1-2-27-14-5-3-13(4-6-14)18-21-15(11-29-18)17(26)23-24-19-22-16(25-28-19)12-7-9-20-10-8-12/h3-11H,2H2,1H3,(H,23,26)(H,22,24,25). The van der Waals surface area contributed by atoms with E-state index in [4.69, 9.17) is 9.26 Å². The highest BCUT2D eigenvalue weighted by atomic mass is 32.1. The molecule has 0 unspecified atom stereocenters. The molecule has 3 heterocycles. The molecule has 10 heteroatoms. The summed E-state index contributed by atoms with van der Waals surface area (Å²) in [6.45, 7) is 2.54. The lowest BCUT2D eigenvalue weighted by Gasteiger charge is -2.03. The number of thiazole rings is 1. The van der Waals surface area contributed by atoms with Gasteiger partial charge in [0.05, 0.1) is 6.61 Å². The van der Waals surface area contributed by atoms with Crippen LogP contribution in [0.2, 0.25) is 0 Å². The number of nitrogens with zero attached hydrogens (tertiary/aromatic N) is 4. The molecule has 0 radical (unpaired) electrons. The Morgan fingerprint density at radius 3 is 2.66 bits per heavy atom. The van der Waals surface area contributed by atoms with E-state index < -0.39 is 5.91 Å². The molecular weight excluding hydrogens is 392 g/mol. The minimum atomic E-state index is -0.415. The summed E-state index contributed by atoms with van der Waals surface area (Å²) in [6.07, 6.45) is 3.26. The molecule has 0 aliphatic heterocycles. The van der Waals surface area contributed by atoms with Crippen LogP contribution < -0.4 is 15.6 Å². The van der Waals surface area contributed by atoms with Crippen molar-refractivity contribution in [3.8, 4) is 27.7 Å². The Hall–Kier alpha value is -3.79. The molecule has 3 aromatic heterocycles. The van der Waals surface area contributed by atoms with Gasteiger partial charge in [0, 0.05) is 28.9 Å². The number of carbonyl (C=O) groups is 1. The first kappa shape index (κ1) is 18.6. The Bertz CT molecular complexity index is 1090. The first-order valence-corrected chi connectivity index (χ1v) is 9.60. The van der Waals surface area contributed by atoms with Gasteiger partial charge in [0.15, 0.2) is 0 Å². The van der Waals surface area contributed by atoms with Gasteiger partial charge in [-0.25, -0.2) is 10.4 Å². The van der Waals surface area contributed by atoms with Crippen LogP contribution in [0.15, 0.2) is 58.7 Å². The Morgan fingerprint density at radius 1 is 1.10 bits per heavy atom. The van der Waals surface area contributed by atoms with Crippen LogP contribution in [0.5, 0.6) is 5.75 Å². The second-order valence-electron chi connectivity index (χ2n) is 5.73. The zero-order chi connectivity index (χ0) is 20.1. The summed E-state index contributed by atoms with van der Waals surface area (Å²) < 4.78 is 10.5. The fourth-order valence-corrected chi connectivity index (χ4v) is 3.24. The van der Waals surface area contributed by atoms with Gasteiger partial charge < -0.3 is 9.26 Å². The van der Waals surface area contributed by atoms with Crippen molar-refractivity contribution in [1.29, 1.82) is 0 Å². The van der Waals surface area contributed by atoms with E-state index >= 15 is 0 Å². The number of carbonyl (C=O) groups excluding carboxylic acids is 1. The van der Waals surface area contributed by atoms with E-state index in [9.17, 15) is 4.79 Å². The molecule has 1 amide bonds. The molecule has 0 fully saturated rings. The van der Waals surface area contributed by atoms with Crippen molar-refractivity contribution in [2.24, 2.45) is 0 Å². The highest BCUT2D eigenvalue weighted by molar-refractivity contribution is 7.13. The number of benzene rings is 1. The first-order chi connectivity index (χ1) is 14.2. The summed E-state index contributed by atoms with van der Waals surface area (Å²) in [4.78, 5) is 24.8. The van der Waals surface area contributed by atoms with E-state index in [1.165, 1.54) is 11.3 Å². The molecule has 4 aromatic rings. The van der Waals surface area contributed by atoms with Crippen molar-refractivity contribution >= 4 is 23.3 Å². The quantitative estimate of drug-likeness (QED) is 0.447. The normalized spacial score (nSPS) is 10.5. The molecule has 146 valence electrons. The second kappa shape index (κ2) is 8.48. The largest absolute Gasteiger partial charge is 0.494 e. The van der Waals surface area contributed by atoms with E-state index in [0.29, 0.717) is 12.4 Å². The summed E-state index contributed by atoms with van der Waals surface area (Å²) in [7, 11) is 0. The number of aromatic nitrogens is 4. The maximum absolute atomic E-state index is 12.3. The van der Waals surface area contributed by atoms with Crippen molar-refractivity contribution in [3.63, 3.8) is 0 Å². The highest BCUT2D eigenvalue weighted by Gasteiger charge is 2.14. The molecule has 9 nitrogen and oxygen atoms in total. The summed E-state index contributed by atoms with van der Waals surface area (Å²) in [6, 6.07) is 11.1. The summed E-state index contributed by atoms with van der Waals surface area (Å²) >= 11 is 1.38. The van der Waals surface area contributed by atoms with Crippen LogP contribution in [0.3, 0.4) is 0 Å². The molecule has 0 aliphatic carbocycles. The Kier molecular flexibility index (Phi) is 5.43. The average molecular weight is 408 g/mol. The lowest BCUT2D eigenvalue weighted by molar-refractivity contribution is 0.0957. The number of hydrazine groups is 1. The van der Waals surface area contributed by atoms with Crippen molar-refractivity contribution in [2.75, 3.05) is 12.0 Å². The van der Waals surface area contributed by atoms with E-state index in [1.54, 1.807) is 29.9 Å². The smallest absolute Gasteiger partial charge is 0.340 e. The molecule has 0 bridgehead atoms. The Balaban J connectivity index is 1.38. The molecular formula is C19H16N6O3S. The van der Waals surface area contributed by atoms with Gasteiger partial charge in [0.1, 0.15) is 16.5 Å². The average Bonchev–Trinajstić information content (AvgIpc) is 3.44. The van der Waals surface area contributed by atoms with Crippen LogP contribution in [0, 0.1) is 0 Å². The third-order valence-corrected chi connectivity index (χ3v) is 4.69. The van der Waals surface area contributed by atoms with Crippen molar-refractivity contribution in [1.82, 2.24) is 25.5 Å². The van der Waals surface area contributed by atoms with Crippen LogP contribution in [0.1, 0.15) is 17.4 Å². The minimum Gasteiger partial charge on any atom is -0.494 e. The number of anilines is 1. The fraction of sp³-hybridized carbons (Fsp3) is 0.105. The van der Waals surface area contributed by atoms with Gasteiger partial charge in [-0.05, 0) is 43.3 Å². The maximum atomic E-state index is 12.3. The van der Waals surface area contributed by atoms with Crippen LogP contribution in [-0.2, 0) is 0 Å². The molecule has 29 heavy (non-hydrogen) atoms. The Labute approximate surface area is 169 Å². The minimum absolute atomic E-state index is 0.0622. The SMILES string of the molecule is CCOc1ccc(-c2nc(C(=O)NNc3nc(-c4ccncc4)no3)cs2)cc1. The topological polar surface area (TPSA) is 115 Å². The van der Waals surface area contributed by atoms with Crippen LogP contribution in [0.4, 0.5) is 6.01 Å². The third-order valence-electron chi connectivity index (χ3n) is 3.80. The number of ether oxygens (including phenoxy) is 1. The lowest BCUT2D eigenvalue weighted by Crippen LogP contribution is -2.29. The van der Waals surface area contributed by atoms with Gasteiger partial charge >= 0.3 is 6.01 Å². The second-order valence-corrected chi connectivity index (χ2v) is 6.59. The predicted molar refractivity (Wildman–Crippen MR) is 107 cm³/mol. The van der Waals surface area contributed by atoms with E-state index in [-0.39, 0.29) is 11.7 Å². The van der Waals surface area contributed by atoms with Gasteiger partial charge in [0.25, 0.3) is 5.91 Å². The van der Waals surface area contributed by atoms with E-state index in [1.807, 2.05) is 31.2 Å². The fourth-order valence-electron chi connectivity index (χ4n) is 2.44. The number of hydrogen-bond acceptors (Lipinski definition) is 9. The highest BCUT2D eigenvalue weighted by Crippen LogP contribution is 2.26. The summed E-state index contributed by atoms with van der Waals surface area (Å²) in [5, 5.41) is 6.26. The van der Waals surface area contributed by atoms with E-state index in [2.05, 4.69) is 31.0 Å². The summed E-state index contributed by atoms with van der Waals surface area (Å²) in [5.74, 6) is 0.762. The zero-order valence-electron chi connectivity index (χ0n) is 15.3. The van der Waals surface area contributed by atoms with Gasteiger partial charge in [-0.15, -0.1) is 11.3 Å². The molecule has 0 aliphatic rings. The molecule has 0 saturated carbocycles. The lowest BCUT2D eigenvalue weighted by atomic mass is 10.2. The maximum Gasteiger partial charge on any atom is 0.340 e. The van der Waals surface area contributed by atoms with Crippen molar-refractivity contribution in [3.05, 3.63) is 59.9 Å². The molecule has 1 aromatic carbocycles. The van der Waals surface area contributed by atoms with Crippen LogP contribution in [0.25, 0.3) is 22.0 Å². The summed E-state index contributed by atoms with van der Waals surface area (Å²) in [5.41, 5.74) is 7.03. The molecule has 0 saturated heterocycles. The monoisotopic (exact) mass is 408 g/mol. The van der Waals surface area contributed by atoms with Crippen LogP contribution >= 0.6 is 11.3 Å². The van der Waals surface area contributed by atoms with Crippen molar-refractivity contribution in [2.45, 2.75) is 6.92 Å². The number of pyridine rings is 1. The molecule has 2 N–H and O–H groups in total. The predicted octanol–water partition coefficient (Wildman–Crippen LogP) is 3.41. The van der Waals surface area contributed by atoms with Gasteiger partial charge in [-0.1, -0.05) is 5.16 Å². The molecule has 0 spiro atoms. The van der Waals surface area contributed by atoms with Gasteiger partial charge in [0.2, 0.25) is 5.82 Å².